The minimum absolute atomic E-state index is 0.503. The molecular formula is C13H10F5NO3. The van der Waals surface area contributed by atoms with Crippen LogP contribution in [0, 0.1) is 17.0 Å². The topological polar surface area (TPSA) is 57.6 Å². The average molecular weight is 323 g/mol. The maximum absolute atomic E-state index is 13.5. The van der Waals surface area contributed by atoms with Gasteiger partial charge in [0.2, 0.25) is 0 Å². The van der Waals surface area contributed by atoms with Crippen LogP contribution in [0.25, 0.3) is 0 Å². The lowest BCUT2D eigenvalue weighted by Gasteiger charge is -2.27. The number of aliphatic carboxylic acids is 1. The van der Waals surface area contributed by atoms with Gasteiger partial charge in [-0.3, -0.25) is 9.59 Å². The second-order valence-electron chi connectivity index (χ2n) is 4.96. The van der Waals surface area contributed by atoms with Crippen LogP contribution in [-0.2, 0) is 4.79 Å². The maximum Gasteiger partial charge on any atom is 0.406 e. The first-order valence-electron chi connectivity index (χ1n) is 6.13. The third-order valence-electron chi connectivity index (χ3n) is 3.69. The highest BCUT2D eigenvalue weighted by Gasteiger charge is 2.64. The number of amides is 1. The Morgan fingerprint density at radius 3 is 2.14 bits per heavy atom. The first kappa shape index (κ1) is 16.2. The van der Waals surface area contributed by atoms with E-state index in [1.807, 2.05) is 0 Å². The molecule has 9 heteroatoms. The standard InChI is InChI=1S/C13H10F5NO3/c14-7-2-1-3-8(15)9(7)10(20)19-5-4-12(6-19,11(21)22)13(16,17)18/h1-3H,4-6H2,(H,21,22). The van der Waals surface area contributed by atoms with Crippen LogP contribution in [0.5, 0.6) is 0 Å². The maximum atomic E-state index is 13.5. The van der Waals surface area contributed by atoms with Gasteiger partial charge in [-0.1, -0.05) is 6.07 Å². The van der Waals surface area contributed by atoms with E-state index in [4.69, 9.17) is 5.11 Å². The van der Waals surface area contributed by atoms with Crippen LogP contribution in [0.4, 0.5) is 22.0 Å². The molecule has 0 radical (unpaired) electrons. The number of likely N-dealkylation sites (tertiary alicyclic amines) is 1. The van der Waals surface area contributed by atoms with Gasteiger partial charge in [-0.2, -0.15) is 13.2 Å². The summed E-state index contributed by atoms with van der Waals surface area (Å²) in [6.07, 6.45) is -5.95. The van der Waals surface area contributed by atoms with Crippen LogP contribution in [0.2, 0.25) is 0 Å². The van der Waals surface area contributed by atoms with Gasteiger partial charge in [0.05, 0.1) is 0 Å². The first-order chi connectivity index (χ1) is 10.1. The van der Waals surface area contributed by atoms with Crippen molar-refractivity contribution in [2.24, 2.45) is 5.41 Å². The molecule has 1 fully saturated rings. The van der Waals surface area contributed by atoms with Crippen LogP contribution in [0.15, 0.2) is 18.2 Å². The molecule has 1 N–H and O–H groups in total. The zero-order valence-corrected chi connectivity index (χ0v) is 11.0. The molecule has 1 atom stereocenters. The summed E-state index contributed by atoms with van der Waals surface area (Å²) in [5.41, 5.74) is -4.12. The zero-order valence-electron chi connectivity index (χ0n) is 11.0. The largest absolute Gasteiger partial charge is 0.481 e. The molecule has 1 aliphatic heterocycles. The molecule has 1 aromatic rings. The van der Waals surface area contributed by atoms with Crippen molar-refractivity contribution in [1.29, 1.82) is 0 Å². The first-order valence-corrected chi connectivity index (χ1v) is 6.13. The smallest absolute Gasteiger partial charge is 0.406 e. The second-order valence-corrected chi connectivity index (χ2v) is 4.96. The molecule has 120 valence electrons. The van der Waals surface area contributed by atoms with Gasteiger partial charge < -0.3 is 10.0 Å². The van der Waals surface area contributed by atoms with Gasteiger partial charge in [-0.25, -0.2) is 8.78 Å². The van der Waals surface area contributed by atoms with Crippen molar-refractivity contribution in [1.82, 2.24) is 4.90 Å². The molecule has 1 aliphatic rings. The van der Waals surface area contributed by atoms with Crippen LogP contribution in [0.3, 0.4) is 0 Å². The Hall–Kier alpha value is -2.19. The lowest BCUT2D eigenvalue weighted by molar-refractivity contribution is -0.227. The normalized spacial score (nSPS) is 22.0. The summed E-state index contributed by atoms with van der Waals surface area (Å²) in [5.74, 6) is -5.86. The number of nitrogens with zero attached hydrogens (tertiary/aromatic N) is 1. The van der Waals surface area contributed by atoms with Crippen LogP contribution in [0.1, 0.15) is 16.8 Å². The van der Waals surface area contributed by atoms with E-state index in [0.717, 1.165) is 18.2 Å². The molecule has 1 heterocycles. The van der Waals surface area contributed by atoms with Gasteiger partial charge in [0, 0.05) is 13.1 Å². The fourth-order valence-corrected chi connectivity index (χ4v) is 2.37. The molecule has 1 unspecified atom stereocenters. The molecule has 1 saturated heterocycles. The van der Waals surface area contributed by atoms with Crippen molar-refractivity contribution in [3.63, 3.8) is 0 Å². The summed E-state index contributed by atoms with van der Waals surface area (Å²) in [6.45, 7) is -1.74. The van der Waals surface area contributed by atoms with Gasteiger partial charge in [-0.05, 0) is 18.6 Å². The SMILES string of the molecule is O=C(c1c(F)cccc1F)N1CCC(C(=O)O)(C(F)(F)F)C1. The van der Waals surface area contributed by atoms with Gasteiger partial charge in [-0.15, -0.1) is 0 Å². The third kappa shape index (κ3) is 2.40. The van der Waals surface area contributed by atoms with E-state index in [1.165, 1.54) is 0 Å². The molecule has 1 aromatic carbocycles. The van der Waals surface area contributed by atoms with Crippen molar-refractivity contribution < 1.29 is 36.6 Å². The molecule has 1 amide bonds. The molecule has 22 heavy (non-hydrogen) atoms. The monoisotopic (exact) mass is 323 g/mol. The van der Waals surface area contributed by atoms with E-state index in [2.05, 4.69) is 0 Å². The summed E-state index contributed by atoms with van der Waals surface area (Å²) in [7, 11) is 0. The highest BCUT2D eigenvalue weighted by atomic mass is 19.4. The molecule has 0 saturated carbocycles. The Morgan fingerprint density at radius 2 is 1.73 bits per heavy atom. The number of carbonyl (C=O) groups is 2. The molecule has 0 aliphatic carbocycles. The molecule has 0 spiro atoms. The minimum atomic E-state index is -5.08. The van der Waals surface area contributed by atoms with Crippen molar-refractivity contribution >= 4 is 11.9 Å². The van der Waals surface area contributed by atoms with Crippen LogP contribution >= 0.6 is 0 Å². The van der Waals surface area contributed by atoms with Gasteiger partial charge >= 0.3 is 12.1 Å². The Bertz CT molecular complexity index is 610. The predicted molar refractivity (Wildman–Crippen MR) is 63.0 cm³/mol. The van der Waals surface area contributed by atoms with E-state index in [-0.39, 0.29) is 0 Å². The number of carboxylic acid groups (broad SMARTS) is 1. The van der Waals surface area contributed by atoms with Crippen molar-refractivity contribution in [2.45, 2.75) is 12.6 Å². The van der Waals surface area contributed by atoms with E-state index >= 15 is 0 Å². The Kier molecular flexibility index (Phi) is 3.84. The molecule has 0 bridgehead atoms. The lowest BCUT2D eigenvalue weighted by atomic mass is 9.86. The molecular weight excluding hydrogens is 313 g/mol. The average Bonchev–Trinajstić information content (AvgIpc) is 2.84. The molecule has 4 nitrogen and oxygen atoms in total. The fourth-order valence-electron chi connectivity index (χ4n) is 2.37. The number of halogens is 5. The summed E-state index contributed by atoms with van der Waals surface area (Å²) in [6, 6.07) is 2.59. The van der Waals surface area contributed by atoms with E-state index < -0.39 is 60.2 Å². The van der Waals surface area contributed by atoms with Gasteiger partial charge in [0.25, 0.3) is 5.91 Å². The summed E-state index contributed by atoms with van der Waals surface area (Å²) < 4.78 is 66.0. The van der Waals surface area contributed by atoms with Crippen molar-refractivity contribution in [2.75, 3.05) is 13.1 Å². The summed E-state index contributed by atoms with van der Waals surface area (Å²) in [5, 5.41) is 8.87. The second kappa shape index (κ2) is 5.22. The molecule has 2 rings (SSSR count). The predicted octanol–water partition coefficient (Wildman–Crippen LogP) is 2.44. The Balaban J connectivity index is 2.34. The van der Waals surface area contributed by atoms with E-state index in [1.54, 1.807) is 0 Å². The Morgan fingerprint density at radius 1 is 1.18 bits per heavy atom. The highest BCUT2D eigenvalue weighted by molar-refractivity contribution is 5.95. The molecule has 0 aromatic heterocycles. The highest BCUT2D eigenvalue weighted by Crippen LogP contribution is 2.46. The van der Waals surface area contributed by atoms with Gasteiger partial charge in [0.15, 0.2) is 5.41 Å². The quantitative estimate of drug-likeness (QED) is 0.851. The number of hydrogen-bond donors (Lipinski definition) is 1. The summed E-state index contributed by atoms with van der Waals surface area (Å²) >= 11 is 0. The fraction of sp³-hybridized carbons (Fsp3) is 0.385. The number of rotatable bonds is 2. The van der Waals surface area contributed by atoms with Crippen molar-refractivity contribution in [3.05, 3.63) is 35.4 Å². The number of carboxylic acids is 1. The van der Waals surface area contributed by atoms with Crippen molar-refractivity contribution in [3.8, 4) is 0 Å². The number of benzene rings is 1. The summed E-state index contributed by atoms with van der Waals surface area (Å²) in [4.78, 5) is 23.5. The zero-order chi connectivity index (χ0) is 16.7. The van der Waals surface area contributed by atoms with E-state index in [9.17, 15) is 31.5 Å². The third-order valence-corrected chi connectivity index (χ3v) is 3.69. The Labute approximate surface area is 121 Å². The van der Waals surface area contributed by atoms with E-state index in [0.29, 0.717) is 4.90 Å². The number of hydrogen-bond acceptors (Lipinski definition) is 2. The number of carbonyl (C=O) groups excluding carboxylic acids is 1. The minimum Gasteiger partial charge on any atom is -0.481 e. The lowest BCUT2D eigenvalue weighted by Crippen LogP contribution is -2.47. The number of alkyl halides is 3. The van der Waals surface area contributed by atoms with Crippen LogP contribution < -0.4 is 0 Å². The van der Waals surface area contributed by atoms with Crippen LogP contribution in [-0.4, -0.2) is 41.1 Å². The van der Waals surface area contributed by atoms with Gasteiger partial charge in [0.1, 0.15) is 17.2 Å².